The second-order valence-electron chi connectivity index (χ2n) is 8.71. The van der Waals surface area contributed by atoms with Gasteiger partial charge in [-0.05, 0) is 25.7 Å². The Morgan fingerprint density at radius 3 is 1.32 bits per heavy atom. The maximum atomic E-state index is 12.6. The van der Waals surface area contributed by atoms with Crippen LogP contribution in [0.25, 0.3) is 0 Å². The van der Waals surface area contributed by atoms with E-state index in [0.29, 0.717) is 12.3 Å². The van der Waals surface area contributed by atoms with E-state index in [9.17, 15) is 9.59 Å². The molecule has 1 heterocycles. The van der Waals surface area contributed by atoms with E-state index in [0.717, 1.165) is 38.8 Å². The first kappa shape index (κ1) is 25.0. The van der Waals surface area contributed by atoms with Crippen molar-refractivity contribution < 1.29 is 9.59 Å². The molecular weight excluding hydrogens is 348 g/mol. The van der Waals surface area contributed by atoms with E-state index in [2.05, 4.69) is 4.90 Å². The van der Waals surface area contributed by atoms with Gasteiger partial charge in [-0.15, -0.1) is 0 Å². The third-order valence-corrected chi connectivity index (χ3v) is 6.02. The molecule has 1 aliphatic heterocycles. The zero-order valence-electron chi connectivity index (χ0n) is 18.4. The number of rotatable bonds is 11. The molecule has 0 unspecified atom stereocenters. The lowest BCUT2D eigenvalue weighted by Gasteiger charge is -2.23. The average molecular weight is 395 g/mol. The van der Waals surface area contributed by atoms with Crippen molar-refractivity contribution in [2.45, 2.75) is 128 Å². The summed E-state index contributed by atoms with van der Waals surface area (Å²) in [5.41, 5.74) is 5.15. The standard InChI is InChI=1S/C24H46N2O2/c25-23(27)19-15-11-7-3-4-8-12-16-20-24(28)26-21-17-13-9-5-1-2-6-10-14-18-22-26/h1-22H2,(H2,25,27). The van der Waals surface area contributed by atoms with Crippen LogP contribution >= 0.6 is 0 Å². The van der Waals surface area contributed by atoms with E-state index < -0.39 is 0 Å². The molecule has 0 atom stereocenters. The highest BCUT2D eigenvalue weighted by Gasteiger charge is 2.12. The van der Waals surface area contributed by atoms with Crippen molar-refractivity contribution in [1.82, 2.24) is 4.90 Å². The maximum absolute atomic E-state index is 12.6. The third kappa shape index (κ3) is 14.9. The molecule has 0 saturated carbocycles. The van der Waals surface area contributed by atoms with Crippen LogP contribution in [0.1, 0.15) is 128 Å². The Morgan fingerprint density at radius 1 is 0.536 bits per heavy atom. The fourth-order valence-electron chi connectivity index (χ4n) is 4.17. The van der Waals surface area contributed by atoms with Crippen molar-refractivity contribution in [3.63, 3.8) is 0 Å². The first-order valence-electron chi connectivity index (χ1n) is 12.3. The molecule has 0 radical (unpaired) electrons. The van der Waals surface area contributed by atoms with Crippen molar-refractivity contribution >= 4 is 11.8 Å². The molecule has 0 spiro atoms. The number of amides is 2. The van der Waals surface area contributed by atoms with Gasteiger partial charge in [0.05, 0.1) is 0 Å². The highest BCUT2D eigenvalue weighted by molar-refractivity contribution is 5.76. The van der Waals surface area contributed by atoms with Crippen molar-refractivity contribution in [2.24, 2.45) is 5.73 Å². The van der Waals surface area contributed by atoms with Gasteiger partial charge >= 0.3 is 0 Å². The van der Waals surface area contributed by atoms with Crippen molar-refractivity contribution in [1.29, 1.82) is 0 Å². The Balaban J connectivity index is 2.08. The first-order valence-corrected chi connectivity index (χ1v) is 12.3. The number of carbonyl (C=O) groups excluding carboxylic acids is 2. The summed E-state index contributed by atoms with van der Waals surface area (Å²) in [6.45, 7) is 1.95. The largest absolute Gasteiger partial charge is 0.370 e. The number of unbranched alkanes of at least 4 members (excludes halogenated alkanes) is 7. The summed E-state index contributed by atoms with van der Waals surface area (Å²) in [6, 6.07) is 0. The molecule has 1 saturated heterocycles. The Bertz CT molecular complexity index is 384. The zero-order valence-corrected chi connectivity index (χ0v) is 18.4. The summed E-state index contributed by atoms with van der Waals surface area (Å²) < 4.78 is 0. The Kier molecular flexibility index (Phi) is 16.1. The van der Waals surface area contributed by atoms with Crippen LogP contribution in [0.4, 0.5) is 0 Å². The lowest BCUT2D eigenvalue weighted by atomic mass is 10.1. The highest BCUT2D eigenvalue weighted by Crippen LogP contribution is 2.15. The second kappa shape index (κ2) is 18.0. The van der Waals surface area contributed by atoms with Crippen LogP contribution in [-0.4, -0.2) is 29.8 Å². The Morgan fingerprint density at radius 2 is 0.893 bits per heavy atom. The lowest BCUT2D eigenvalue weighted by molar-refractivity contribution is -0.131. The van der Waals surface area contributed by atoms with Gasteiger partial charge in [0.1, 0.15) is 0 Å². The minimum absolute atomic E-state index is 0.183. The molecule has 1 rings (SSSR count). The normalized spacial score (nSPS) is 17.4. The molecular formula is C24H46N2O2. The average Bonchev–Trinajstić information content (AvgIpc) is 2.70. The zero-order chi connectivity index (χ0) is 20.3. The molecule has 4 heteroatoms. The summed E-state index contributed by atoms with van der Waals surface area (Å²) in [7, 11) is 0. The highest BCUT2D eigenvalue weighted by atomic mass is 16.2. The van der Waals surface area contributed by atoms with Crippen molar-refractivity contribution in [3.8, 4) is 0 Å². The van der Waals surface area contributed by atoms with Gasteiger partial charge in [-0.25, -0.2) is 0 Å². The van der Waals surface area contributed by atoms with Crippen molar-refractivity contribution in [3.05, 3.63) is 0 Å². The number of hydrogen-bond donors (Lipinski definition) is 1. The van der Waals surface area contributed by atoms with Crippen LogP contribution in [-0.2, 0) is 9.59 Å². The summed E-state index contributed by atoms with van der Waals surface area (Å²) in [5.74, 6) is 0.207. The Labute approximate surface area is 174 Å². The van der Waals surface area contributed by atoms with E-state index in [4.69, 9.17) is 5.73 Å². The molecule has 2 amide bonds. The van der Waals surface area contributed by atoms with Crippen LogP contribution in [0.15, 0.2) is 0 Å². The molecule has 0 aromatic rings. The van der Waals surface area contributed by atoms with Gasteiger partial charge in [-0.1, -0.05) is 89.9 Å². The lowest BCUT2D eigenvalue weighted by Crippen LogP contribution is -2.32. The second-order valence-corrected chi connectivity index (χ2v) is 8.71. The molecule has 0 aromatic heterocycles. The maximum Gasteiger partial charge on any atom is 0.222 e. The van der Waals surface area contributed by atoms with Crippen LogP contribution in [0.5, 0.6) is 0 Å². The SMILES string of the molecule is NC(=O)CCCCCCCCCCC(=O)N1CCCCCCCCCCCC1. The van der Waals surface area contributed by atoms with E-state index in [1.165, 1.54) is 96.3 Å². The van der Waals surface area contributed by atoms with Crippen LogP contribution in [0.3, 0.4) is 0 Å². The van der Waals surface area contributed by atoms with Gasteiger partial charge in [-0.2, -0.15) is 0 Å². The fraction of sp³-hybridized carbons (Fsp3) is 0.917. The minimum atomic E-state index is -0.183. The van der Waals surface area contributed by atoms with E-state index in [-0.39, 0.29) is 5.91 Å². The van der Waals surface area contributed by atoms with Gasteiger partial charge < -0.3 is 10.6 Å². The molecule has 1 aliphatic rings. The predicted molar refractivity (Wildman–Crippen MR) is 118 cm³/mol. The topological polar surface area (TPSA) is 63.4 Å². The Hall–Kier alpha value is -1.06. The molecule has 0 aromatic carbocycles. The predicted octanol–water partition coefficient (Wildman–Crippen LogP) is 6.12. The van der Waals surface area contributed by atoms with Gasteiger partial charge in [0.15, 0.2) is 0 Å². The number of hydrogen-bond acceptors (Lipinski definition) is 2. The number of carbonyl (C=O) groups is 2. The number of primary amides is 1. The van der Waals surface area contributed by atoms with Gasteiger partial charge in [0.2, 0.25) is 11.8 Å². The molecule has 0 aliphatic carbocycles. The third-order valence-electron chi connectivity index (χ3n) is 6.02. The molecule has 0 bridgehead atoms. The van der Waals surface area contributed by atoms with Crippen LogP contribution in [0.2, 0.25) is 0 Å². The van der Waals surface area contributed by atoms with Gasteiger partial charge in [-0.3, -0.25) is 9.59 Å². The summed E-state index contributed by atoms with van der Waals surface area (Å²) in [4.78, 5) is 25.5. The fourth-order valence-corrected chi connectivity index (χ4v) is 4.17. The van der Waals surface area contributed by atoms with Crippen LogP contribution < -0.4 is 5.73 Å². The summed E-state index contributed by atoms with van der Waals surface area (Å²) in [5, 5.41) is 0. The number of nitrogens with zero attached hydrogens (tertiary/aromatic N) is 1. The van der Waals surface area contributed by atoms with E-state index in [1.54, 1.807) is 0 Å². The molecule has 2 N–H and O–H groups in total. The molecule has 4 nitrogen and oxygen atoms in total. The van der Waals surface area contributed by atoms with E-state index >= 15 is 0 Å². The summed E-state index contributed by atoms with van der Waals surface area (Å²) in [6.07, 6.45) is 23.6. The smallest absolute Gasteiger partial charge is 0.222 e. The molecule has 1 fully saturated rings. The van der Waals surface area contributed by atoms with Crippen LogP contribution in [0, 0.1) is 0 Å². The minimum Gasteiger partial charge on any atom is -0.370 e. The molecule has 28 heavy (non-hydrogen) atoms. The van der Waals surface area contributed by atoms with Gasteiger partial charge in [0, 0.05) is 25.9 Å². The first-order chi connectivity index (χ1) is 13.7. The van der Waals surface area contributed by atoms with Crippen molar-refractivity contribution in [2.75, 3.05) is 13.1 Å². The quantitative estimate of drug-likeness (QED) is 0.429. The monoisotopic (exact) mass is 394 g/mol. The van der Waals surface area contributed by atoms with E-state index in [1.807, 2.05) is 0 Å². The number of nitrogens with two attached hydrogens (primary N) is 1. The summed E-state index contributed by atoms with van der Waals surface area (Å²) >= 11 is 0. The molecule has 164 valence electrons. The van der Waals surface area contributed by atoms with Gasteiger partial charge in [0.25, 0.3) is 0 Å².